The predicted octanol–water partition coefficient (Wildman–Crippen LogP) is 1.16. The lowest BCUT2D eigenvalue weighted by Crippen LogP contribution is -2.39. The first-order chi connectivity index (χ1) is 14.2. The molecular formula is C18H21N3O8S. The van der Waals surface area contributed by atoms with Gasteiger partial charge in [-0.3, -0.25) is 19.3 Å². The number of nitrogens with one attached hydrogen (secondary N) is 1. The van der Waals surface area contributed by atoms with E-state index >= 15 is 0 Å². The fourth-order valence-corrected chi connectivity index (χ4v) is 3.88. The Morgan fingerprint density at radius 3 is 2.17 bits per heavy atom. The predicted molar refractivity (Wildman–Crippen MR) is 104 cm³/mol. The van der Waals surface area contributed by atoms with Crippen LogP contribution in [0, 0.1) is 6.92 Å². The highest BCUT2D eigenvalue weighted by atomic mass is 32.1. The third kappa shape index (κ3) is 4.32. The van der Waals surface area contributed by atoms with E-state index in [0.717, 1.165) is 23.3 Å². The third-order valence-corrected chi connectivity index (χ3v) is 5.52. The molecule has 0 aromatic carbocycles. The average molecular weight is 439 g/mol. The lowest BCUT2D eigenvalue weighted by molar-refractivity contribution is -0.143. The van der Waals surface area contributed by atoms with Crippen LogP contribution >= 0.6 is 11.3 Å². The Hall–Kier alpha value is -3.28. The van der Waals surface area contributed by atoms with Crippen LogP contribution in [0.4, 0.5) is 9.80 Å². The molecule has 1 aliphatic rings. The van der Waals surface area contributed by atoms with Crippen molar-refractivity contribution in [2.45, 2.75) is 26.7 Å². The van der Waals surface area contributed by atoms with Crippen molar-refractivity contribution in [3.63, 3.8) is 0 Å². The molecule has 1 aromatic heterocycles. The van der Waals surface area contributed by atoms with Gasteiger partial charge in [-0.15, -0.1) is 11.3 Å². The number of rotatable bonds is 8. The van der Waals surface area contributed by atoms with Crippen molar-refractivity contribution in [3.05, 3.63) is 16.0 Å². The number of hydrogen-bond acceptors (Lipinski definition) is 9. The zero-order chi connectivity index (χ0) is 22.6. The summed E-state index contributed by atoms with van der Waals surface area (Å²) in [4.78, 5) is 74.3. The maximum absolute atomic E-state index is 12.5. The molecule has 5 amide bonds. The Bertz CT molecular complexity index is 923. The molecule has 1 aliphatic heterocycles. The quantitative estimate of drug-likeness (QED) is 0.362. The molecule has 30 heavy (non-hydrogen) atoms. The fourth-order valence-electron chi connectivity index (χ4n) is 2.75. The summed E-state index contributed by atoms with van der Waals surface area (Å²) >= 11 is 0.789. The molecule has 1 saturated heterocycles. The van der Waals surface area contributed by atoms with Gasteiger partial charge in [-0.2, -0.15) is 0 Å². The number of imide groups is 2. The Morgan fingerprint density at radius 2 is 1.60 bits per heavy atom. The molecule has 2 heterocycles. The molecule has 1 N–H and O–H groups in total. The van der Waals surface area contributed by atoms with Crippen molar-refractivity contribution >= 4 is 52.0 Å². The smallest absolute Gasteiger partial charge is 0.348 e. The van der Waals surface area contributed by atoms with Crippen LogP contribution in [-0.2, 0) is 23.9 Å². The molecule has 0 bridgehead atoms. The number of hydrogen-bond donors (Lipinski definition) is 1. The highest BCUT2D eigenvalue weighted by Crippen LogP contribution is 2.34. The van der Waals surface area contributed by atoms with Crippen molar-refractivity contribution in [2.24, 2.45) is 0 Å². The molecule has 0 radical (unpaired) electrons. The first-order valence-corrected chi connectivity index (χ1v) is 9.76. The number of carbonyl (C=O) groups excluding carboxylic acids is 6. The number of nitrogens with zero attached hydrogens (tertiary/aromatic N) is 2. The molecular weight excluding hydrogens is 418 g/mol. The van der Waals surface area contributed by atoms with Gasteiger partial charge in [-0.1, -0.05) is 13.3 Å². The van der Waals surface area contributed by atoms with Crippen LogP contribution in [0.1, 0.15) is 45.4 Å². The van der Waals surface area contributed by atoms with E-state index in [1.54, 1.807) is 0 Å². The van der Waals surface area contributed by atoms with Crippen LogP contribution < -0.4 is 5.32 Å². The maximum atomic E-state index is 12.5. The minimum atomic E-state index is -1.10. The first-order valence-electron chi connectivity index (χ1n) is 8.95. The van der Waals surface area contributed by atoms with E-state index < -0.39 is 42.2 Å². The Kier molecular flexibility index (Phi) is 7.27. The van der Waals surface area contributed by atoms with Crippen LogP contribution in [0.5, 0.6) is 0 Å². The largest absolute Gasteiger partial charge is 0.465 e. The first kappa shape index (κ1) is 23.0. The van der Waals surface area contributed by atoms with Crippen molar-refractivity contribution < 1.29 is 38.2 Å². The molecule has 11 nitrogen and oxygen atoms in total. The number of anilines is 1. The maximum Gasteiger partial charge on any atom is 0.348 e. The number of methoxy groups -OCH3 is 2. The molecule has 0 spiro atoms. The third-order valence-electron chi connectivity index (χ3n) is 4.33. The fraction of sp³-hybridized carbons (Fsp3) is 0.444. The summed E-state index contributed by atoms with van der Waals surface area (Å²) in [5.74, 6) is -4.41. The molecule has 0 atom stereocenters. The second kappa shape index (κ2) is 9.48. The molecule has 0 unspecified atom stereocenters. The van der Waals surface area contributed by atoms with E-state index in [2.05, 4.69) is 10.1 Å². The molecule has 1 aromatic rings. The average Bonchev–Trinajstić information content (AvgIpc) is 3.14. The normalized spacial score (nSPS) is 13.7. The van der Waals surface area contributed by atoms with Crippen molar-refractivity contribution in [1.82, 2.24) is 9.80 Å². The van der Waals surface area contributed by atoms with Gasteiger partial charge in [0.2, 0.25) is 5.91 Å². The van der Waals surface area contributed by atoms with Gasteiger partial charge in [0, 0.05) is 6.54 Å². The van der Waals surface area contributed by atoms with Crippen LogP contribution in [0.2, 0.25) is 0 Å². The monoisotopic (exact) mass is 439 g/mol. The van der Waals surface area contributed by atoms with Crippen molar-refractivity contribution in [3.8, 4) is 0 Å². The lowest BCUT2D eigenvalue weighted by Gasteiger charge is -2.15. The zero-order valence-corrected chi connectivity index (χ0v) is 17.7. The minimum absolute atomic E-state index is 0.00184. The SMILES string of the molecule is CCCCN1C(=O)C(=O)N(CC(=O)Nc2sc(C(=O)OC)c(C)c2C(=O)OC)C1=O. The number of thiophene rings is 1. The molecule has 1 fully saturated rings. The highest BCUT2D eigenvalue weighted by molar-refractivity contribution is 7.18. The summed E-state index contributed by atoms with van der Waals surface area (Å²) in [6.07, 6.45) is 1.24. The van der Waals surface area contributed by atoms with Crippen LogP contribution in [-0.4, -0.2) is 72.8 Å². The van der Waals surface area contributed by atoms with E-state index in [9.17, 15) is 28.8 Å². The van der Waals surface area contributed by atoms with Crippen molar-refractivity contribution in [2.75, 3.05) is 32.6 Å². The van der Waals surface area contributed by atoms with Gasteiger partial charge >= 0.3 is 29.8 Å². The van der Waals surface area contributed by atoms with E-state index in [1.165, 1.54) is 14.0 Å². The van der Waals surface area contributed by atoms with Crippen LogP contribution in [0.25, 0.3) is 0 Å². The summed E-state index contributed by atoms with van der Waals surface area (Å²) in [5.41, 5.74) is 0.208. The Labute approximate surface area is 175 Å². The van der Waals surface area contributed by atoms with E-state index in [4.69, 9.17) is 4.74 Å². The number of esters is 2. The Balaban J connectivity index is 2.23. The van der Waals surface area contributed by atoms with Crippen molar-refractivity contribution in [1.29, 1.82) is 0 Å². The summed E-state index contributed by atoms with van der Waals surface area (Å²) in [6.45, 7) is 2.71. The van der Waals surface area contributed by atoms with Gasteiger partial charge in [0.15, 0.2) is 0 Å². The molecule has 0 aliphatic carbocycles. The summed E-state index contributed by atoms with van der Waals surface area (Å²) in [5, 5.41) is 2.40. The molecule has 162 valence electrons. The molecule has 12 heteroatoms. The highest BCUT2D eigenvalue weighted by Gasteiger charge is 2.44. The summed E-state index contributed by atoms with van der Waals surface area (Å²) in [6, 6.07) is -0.876. The van der Waals surface area contributed by atoms with Gasteiger partial charge in [0.1, 0.15) is 16.4 Å². The number of amides is 5. The standard InChI is InChI=1S/C18H21N3O8S/c1-5-6-7-20-14(23)15(24)21(18(20)27)8-10(22)19-13-11(16(25)28-3)9(2)12(30-13)17(26)29-4/h5-8H2,1-4H3,(H,19,22). The minimum Gasteiger partial charge on any atom is -0.465 e. The second-order valence-electron chi connectivity index (χ2n) is 6.28. The van der Waals surface area contributed by atoms with Crippen LogP contribution in [0.3, 0.4) is 0 Å². The van der Waals surface area contributed by atoms with Gasteiger partial charge in [0.05, 0.1) is 19.8 Å². The zero-order valence-electron chi connectivity index (χ0n) is 16.9. The van der Waals surface area contributed by atoms with E-state index in [-0.39, 0.29) is 27.5 Å². The Morgan fingerprint density at radius 1 is 1.00 bits per heavy atom. The number of urea groups is 1. The topological polar surface area (TPSA) is 139 Å². The summed E-state index contributed by atoms with van der Waals surface area (Å²) in [7, 11) is 2.31. The van der Waals surface area contributed by atoms with Gasteiger partial charge in [-0.05, 0) is 18.9 Å². The van der Waals surface area contributed by atoms with E-state index in [1.807, 2.05) is 6.92 Å². The number of unbranched alkanes of at least 4 members (excludes halogenated alkanes) is 1. The number of ether oxygens (including phenoxy) is 2. The van der Waals surface area contributed by atoms with E-state index in [0.29, 0.717) is 17.7 Å². The summed E-state index contributed by atoms with van der Waals surface area (Å²) < 4.78 is 9.36. The van der Waals surface area contributed by atoms with Gasteiger partial charge < -0.3 is 14.8 Å². The lowest BCUT2D eigenvalue weighted by atomic mass is 10.1. The second-order valence-corrected chi connectivity index (χ2v) is 7.30. The molecule has 2 rings (SSSR count). The van der Waals surface area contributed by atoms with Crippen LogP contribution in [0.15, 0.2) is 0 Å². The molecule has 0 saturated carbocycles. The van der Waals surface area contributed by atoms with Gasteiger partial charge in [-0.25, -0.2) is 19.3 Å². The number of carbonyl (C=O) groups is 6. The van der Waals surface area contributed by atoms with Gasteiger partial charge in [0.25, 0.3) is 0 Å².